The Hall–Kier alpha value is -4.40. The lowest BCUT2D eigenvalue weighted by atomic mass is 9.92. The average Bonchev–Trinajstić information content (AvgIpc) is 3.48. The lowest BCUT2D eigenvalue weighted by Gasteiger charge is -2.16. The Balaban J connectivity index is 1.30. The SMILES string of the molecule is CN1CCN(CCOc2ccc3cc(C(=N)c4cc(-c5n[nH]c(CC(C)(C)C)n5)ccc4N)ccc3c2)C1=O. The fraction of sp³-hybridized carbons (Fsp3) is 0.333. The van der Waals surface area contributed by atoms with Crippen LogP contribution in [0.4, 0.5) is 10.5 Å². The molecule has 4 aromatic rings. The zero-order valence-electron chi connectivity index (χ0n) is 22.9. The molecule has 1 saturated heterocycles. The molecule has 202 valence electrons. The third-order valence-corrected chi connectivity index (χ3v) is 6.84. The zero-order valence-corrected chi connectivity index (χ0v) is 22.9. The minimum absolute atomic E-state index is 0.0455. The lowest BCUT2D eigenvalue weighted by molar-refractivity contribution is 0.188. The number of hydrogen-bond acceptors (Lipinski definition) is 6. The summed E-state index contributed by atoms with van der Waals surface area (Å²) in [5, 5.41) is 18.4. The predicted molar refractivity (Wildman–Crippen MR) is 154 cm³/mol. The van der Waals surface area contributed by atoms with Crippen LogP contribution in [-0.2, 0) is 6.42 Å². The van der Waals surface area contributed by atoms with Gasteiger partial charge >= 0.3 is 6.03 Å². The van der Waals surface area contributed by atoms with Gasteiger partial charge in [-0.15, -0.1) is 0 Å². The van der Waals surface area contributed by atoms with Crippen LogP contribution in [0, 0.1) is 10.8 Å². The van der Waals surface area contributed by atoms with Gasteiger partial charge in [0.1, 0.15) is 18.2 Å². The van der Waals surface area contributed by atoms with Gasteiger partial charge in [-0.2, -0.15) is 5.10 Å². The smallest absolute Gasteiger partial charge is 0.319 e. The van der Waals surface area contributed by atoms with Crippen molar-refractivity contribution in [2.75, 3.05) is 39.0 Å². The first-order valence-electron chi connectivity index (χ1n) is 13.1. The van der Waals surface area contributed by atoms with Gasteiger partial charge in [-0.1, -0.05) is 39.0 Å². The molecular formula is C30H35N7O2. The average molecular weight is 526 g/mol. The number of benzene rings is 3. The van der Waals surface area contributed by atoms with Crippen molar-refractivity contribution in [1.82, 2.24) is 25.0 Å². The third kappa shape index (κ3) is 5.87. The largest absolute Gasteiger partial charge is 0.492 e. The molecule has 4 N–H and O–H groups in total. The van der Waals surface area contributed by atoms with E-state index in [1.165, 1.54) is 0 Å². The molecular weight excluding hydrogens is 490 g/mol. The minimum Gasteiger partial charge on any atom is -0.492 e. The number of amides is 2. The molecule has 3 aromatic carbocycles. The van der Waals surface area contributed by atoms with Crippen molar-refractivity contribution in [2.45, 2.75) is 27.2 Å². The molecule has 2 amide bonds. The monoisotopic (exact) mass is 525 g/mol. The second-order valence-corrected chi connectivity index (χ2v) is 11.3. The van der Waals surface area contributed by atoms with E-state index in [0.29, 0.717) is 35.9 Å². The number of urea groups is 1. The maximum atomic E-state index is 12.0. The Morgan fingerprint density at radius 3 is 2.59 bits per heavy atom. The quantitative estimate of drug-likeness (QED) is 0.222. The van der Waals surface area contributed by atoms with Crippen molar-refractivity contribution in [1.29, 1.82) is 5.41 Å². The number of anilines is 1. The van der Waals surface area contributed by atoms with Crippen LogP contribution in [0.15, 0.2) is 54.6 Å². The summed E-state index contributed by atoms with van der Waals surface area (Å²) in [6.45, 7) is 8.96. The molecule has 2 heterocycles. The number of fused-ring (bicyclic) bond motifs is 1. The van der Waals surface area contributed by atoms with Crippen LogP contribution in [-0.4, -0.2) is 70.0 Å². The number of rotatable bonds is 8. The van der Waals surface area contributed by atoms with Gasteiger partial charge in [0.25, 0.3) is 0 Å². The highest BCUT2D eigenvalue weighted by Crippen LogP contribution is 2.27. The van der Waals surface area contributed by atoms with Crippen LogP contribution in [0.3, 0.4) is 0 Å². The van der Waals surface area contributed by atoms with Gasteiger partial charge in [0.05, 0.1) is 12.3 Å². The van der Waals surface area contributed by atoms with Crippen LogP contribution >= 0.6 is 0 Å². The first kappa shape index (κ1) is 26.2. The van der Waals surface area contributed by atoms with Crippen LogP contribution in [0.25, 0.3) is 22.2 Å². The standard InChI is InChI=1S/C30H35N7O2/c1-30(2,3)18-26-33-28(35-34-26)22-8-10-25(31)24(17-22)27(32)21-6-5-20-16-23(9-7-19(20)15-21)39-14-13-37-12-11-36(4)29(37)38/h5-10,15-17,32H,11-14,18,31H2,1-4H3,(H,33,34,35). The van der Waals surface area contributed by atoms with Gasteiger partial charge in [-0.05, 0) is 52.6 Å². The number of H-pyrrole nitrogens is 1. The van der Waals surface area contributed by atoms with E-state index in [4.69, 9.17) is 15.9 Å². The zero-order chi connectivity index (χ0) is 27.7. The summed E-state index contributed by atoms with van der Waals surface area (Å²) >= 11 is 0. The summed E-state index contributed by atoms with van der Waals surface area (Å²) in [6.07, 6.45) is 0.789. The highest BCUT2D eigenvalue weighted by atomic mass is 16.5. The van der Waals surface area contributed by atoms with Gasteiger partial charge in [0.2, 0.25) is 0 Å². The number of nitrogens with one attached hydrogen (secondary N) is 2. The second kappa shape index (κ2) is 10.4. The molecule has 1 aliphatic heterocycles. The first-order valence-corrected chi connectivity index (χ1v) is 13.1. The number of ether oxygens (including phenoxy) is 1. The molecule has 0 atom stereocenters. The third-order valence-electron chi connectivity index (χ3n) is 6.84. The van der Waals surface area contributed by atoms with Crippen LogP contribution in [0.1, 0.15) is 37.7 Å². The van der Waals surface area contributed by atoms with E-state index in [9.17, 15) is 4.79 Å². The molecule has 9 heteroatoms. The molecule has 0 saturated carbocycles. The van der Waals surface area contributed by atoms with E-state index in [1.807, 2.05) is 55.6 Å². The Kier molecular flexibility index (Phi) is 6.99. The first-order chi connectivity index (χ1) is 18.6. The van der Waals surface area contributed by atoms with Gasteiger partial charge in [-0.3, -0.25) is 10.5 Å². The molecule has 39 heavy (non-hydrogen) atoms. The summed E-state index contributed by atoms with van der Waals surface area (Å²) < 4.78 is 5.92. The number of nitrogen functional groups attached to an aromatic ring is 1. The molecule has 0 radical (unpaired) electrons. The molecule has 0 spiro atoms. The van der Waals surface area contributed by atoms with Crippen molar-refractivity contribution in [2.24, 2.45) is 5.41 Å². The molecule has 9 nitrogen and oxygen atoms in total. The molecule has 0 unspecified atom stereocenters. The van der Waals surface area contributed by atoms with E-state index < -0.39 is 0 Å². The maximum absolute atomic E-state index is 12.0. The lowest BCUT2D eigenvalue weighted by Crippen LogP contribution is -2.32. The topological polar surface area (TPSA) is 124 Å². The second-order valence-electron chi connectivity index (χ2n) is 11.3. The summed E-state index contributed by atoms with van der Waals surface area (Å²) in [7, 11) is 1.81. The number of aromatic amines is 1. The number of carbonyl (C=O) groups excluding carboxylic acids is 1. The Labute approximate surface area is 228 Å². The number of nitrogens with zero attached hydrogens (tertiary/aromatic N) is 4. The number of likely N-dealkylation sites (N-methyl/N-ethyl adjacent to an activating group) is 1. The van der Waals surface area contributed by atoms with Crippen molar-refractivity contribution >= 4 is 28.2 Å². The van der Waals surface area contributed by atoms with Crippen LogP contribution < -0.4 is 10.5 Å². The molecule has 1 aliphatic rings. The fourth-order valence-electron chi connectivity index (χ4n) is 4.73. The maximum Gasteiger partial charge on any atom is 0.319 e. The van der Waals surface area contributed by atoms with E-state index >= 15 is 0 Å². The molecule has 1 fully saturated rings. The van der Waals surface area contributed by atoms with Crippen molar-refractivity contribution in [3.05, 3.63) is 71.5 Å². The number of carbonyl (C=O) groups is 1. The fourth-order valence-corrected chi connectivity index (χ4v) is 4.73. The van der Waals surface area contributed by atoms with Crippen molar-refractivity contribution in [3.8, 4) is 17.1 Å². The highest BCUT2D eigenvalue weighted by molar-refractivity contribution is 6.15. The number of hydrogen-bond donors (Lipinski definition) is 3. The number of nitrogens with two attached hydrogens (primary N) is 1. The predicted octanol–water partition coefficient (Wildman–Crippen LogP) is 4.96. The van der Waals surface area contributed by atoms with Gasteiger partial charge in [0.15, 0.2) is 5.82 Å². The van der Waals surface area contributed by atoms with E-state index in [1.54, 1.807) is 15.9 Å². The van der Waals surface area contributed by atoms with Crippen molar-refractivity contribution < 1.29 is 9.53 Å². The van der Waals surface area contributed by atoms with Crippen molar-refractivity contribution in [3.63, 3.8) is 0 Å². The Bertz CT molecular complexity index is 1540. The van der Waals surface area contributed by atoms with Gasteiger partial charge in [0, 0.05) is 48.9 Å². The Morgan fingerprint density at radius 1 is 1.08 bits per heavy atom. The highest BCUT2D eigenvalue weighted by Gasteiger charge is 2.24. The van der Waals surface area contributed by atoms with Gasteiger partial charge < -0.3 is 20.3 Å². The normalized spacial score (nSPS) is 13.9. The minimum atomic E-state index is 0.0455. The number of aromatic nitrogens is 3. The molecule has 5 rings (SSSR count). The van der Waals surface area contributed by atoms with Crippen LogP contribution in [0.2, 0.25) is 0 Å². The molecule has 0 aliphatic carbocycles. The summed E-state index contributed by atoms with van der Waals surface area (Å²) in [6, 6.07) is 17.4. The summed E-state index contributed by atoms with van der Waals surface area (Å²) in [5.74, 6) is 2.18. The molecule has 1 aromatic heterocycles. The Morgan fingerprint density at radius 2 is 1.85 bits per heavy atom. The summed E-state index contributed by atoms with van der Waals surface area (Å²) in [5.41, 5.74) is 9.47. The summed E-state index contributed by atoms with van der Waals surface area (Å²) in [4.78, 5) is 20.2. The molecule has 0 bridgehead atoms. The van der Waals surface area contributed by atoms with E-state index in [0.717, 1.165) is 53.0 Å². The van der Waals surface area contributed by atoms with Gasteiger partial charge in [-0.25, -0.2) is 9.78 Å². The van der Waals surface area contributed by atoms with E-state index in [-0.39, 0.29) is 11.4 Å². The van der Waals surface area contributed by atoms with E-state index in [2.05, 4.69) is 36.0 Å². The van der Waals surface area contributed by atoms with Crippen LogP contribution in [0.5, 0.6) is 5.75 Å².